The molecule has 0 spiro atoms. The molecule has 27 heavy (non-hydrogen) atoms. The van der Waals surface area contributed by atoms with E-state index >= 15 is 0 Å². The van der Waals surface area contributed by atoms with Crippen LogP contribution in [0.25, 0.3) is 0 Å². The molecule has 2 aromatic rings. The summed E-state index contributed by atoms with van der Waals surface area (Å²) in [5.41, 5.74) is 3.13. The van der Waals surface area contributed by atoms with Crippen molar-refractivity contribution in [3.8, 4) is 17.2 Å². The van der Waals surface area contributed by atoms with Gasteiger partial charge in [0, 0.05) is 0 Å². The lowest BCUT2D eigenvalue weighted by molar-refractivity contribution is 0.212. The van der Waals surface area contributed by atoms with Crippen LogP contribution in [0.3, 0.4) is 0 Å². The summed E-state index contributed by atoms with van der Waals surface area (Å²) in [7, 11) is 1.50. The van der Waals surface area contributed by atoms with E-state index in [0.29, 0.717) is 19.8 Å². The van der Waals surface area contributed by atoms with Crippen LogP contribution < -0.4 is 14.2 Å². The van der Waals surface area contributed by atoms with Crippen molar-refractivity contribution in [1.29, 1.82) is 0 Å². The minimum absolute atomic E-state index is 0.352. The van der Waals surface area contributed by atoms with Gasteiger partial charge >= 0.3 is 0 Å². The standard InChI is InChI=1S/C22H27NO4/c1-5-6-11-25-21-13-17(2)22(18(3)14-21)27-16-19-8-7-9-20(15-19)26-12-10-23-24-4/h5-10,13-15H,11-12,16H2,1-4H3/b6-5+,23-10-. The Balaban J connectivity index is 1.98. The van der Waals surface area contributed by atoms with Gasteiger partial charge < -0.3 is 19.0 Å². The van der Waals surface area contributed by atoms with Crippen LogP contribution in [0, 0.1) is 13.8 Å². The van der Waals surface area contributed by atoms with E-state index in [4.69, 9.17) is 14.2 Å². The van der Waals surface area contributed by atoms with Crippen LogP contribution in [0.15, 0.2) is 53.7 Å². The van der Waals surface area contributed by atoms with Crippen molar-refractivity contribution in [2.24, 2.45) is 5.16 Å². The van der Waals surface area contributed by atoms with E-state index in [9.17, 15) is 0 Å². The molecule has 0 aliphatic rings. The molecular weight excluding hydrogens is 342 g/mol. The molecule has 0 unspecified atom stereocenters. The van der Waals surface area contributed by atoms with E-state index in [2.05, 4.69) is 9.99 Å². The molecule has 0 aliphatic carbocycles. The summed E-state index contributed by atoms with van der Waals surface area (Å²) in [6.45, 7) is 7.41. The minimum atomic E-state index is 0.352. The number of oxime groups is 1. The van der Waals surface area contributed by atoms with Gasteiger partial charge in [0.05, 0.1) is 6.21 Å². The Morgan fingerprint density at radius 3 is 2.37 bits per heavy atom. The Bertz CT molecular complexity index is 761. The number of nitrogens with zero attached hydrogens (tertiary/aromatic N) is 1. The predicted molar refractivity (Wildman–Crippen MR) is 108 cm³/mol. The SMILES string of the molecule is C/C=C/COc1cc(C)c(OCc2cccc(OC/C=N\OC)c2)c(C)c1. The monoisotopic (exact) mass is 369 g/mol. The van der Waals surface area contributed by atoms with E-state index in [1.807, 2.05) is 69.3 Å². The van der Waals surface area contributed by atoms with E-state index in [0.717, 1.165) is 33.9 Å². The maximum absolute atomic E-state index is 6.06. The van der Waals surface area contributed by atoms with E-state index in [1.54, 1.807) is 6.21 Å². The molecule has 0 saturated carbocycles. The molecule has 144 valence electrons. The molecule has 0 aliphatic heterocycles. The molecule has 5 nitrogen and oxygen atoms in total. The summed E-state index contributed by atoms with van der Waals surface area (Å²) in [6.07, 6.45) is 5.51. The van der Waals surface area contributed by atoms with E-state index in [1.165, 1.54) is 7.11 Å². The molecule has 0 N–H and O–H groups in total. The van der Waals surface area contributed by atoms with Crippen LogP contribution in [0.4, 0.5) is 0 Å². The average molecular weight is 369 g/mol. The normalized spacial score (nSPS) is 11.1. The third-order valence-electron chi connectivity index (χ3n) is 3.80. The fourth-order valence-electron chi connectivity index (χ4n) is 2.58. The Kier molecular flexibility index (Phi) is 8.23. The van der Waals surface area contributed by atoms with E-state index in [-0.39, 0.29) is 0 Å². The minimum Gasteiger partial charge on any atom is -0.490 e. The molecule has 0 radical (unpaired) electrons. The summed E-state index contributed by atoms with van der Waals surface area (Å²) in [4.78, 5) is 4.61. The van der Waals surface area contributed by atoms with Crippen molar-refractivity contribution >= 4 is 6.21 Å². The third kappa shape index (κ3) is 6.70. The highest BCUT2D eigenvalue weighted by atomic mass is 16.6. The smallest absolute Gasteiger partial charge is 0.127 e. The second kappa shape index (κ2) is 10.9. The van der Waals surface area contributed by atoms with Crippen LogP contribution in [0.1, 0.15) is 23.6 Å². The maximum Gasteiger partial charge on any atom is 0.127 e. The zero-order chi connectivity index (χ0) is 19.5. The number of hydrogen-bond acceptors (Lipinski definition) is 5. The second-order valence-corrected chi connectivity index (χ2v) is 5.98. The van der Waals surface area contributed by atoms with Crippen molar-refractivity contribution in [2.45, 2.75) is 27.4 Å². The number of aryl methyl sites for hydroxylation is 2. The first-order valence-electron chi connectivity index (χ1n) is 8.88. The third-order valence-corrected chi connectivity index (χ3v) is 3.80. The molecule has 0 amide bonds. The topological polar surface area (TPSA) is 49.3 Å². The zero-order valence-electron chi connectivity index (χ0n) is 16.4. The van der Waals surface area contributed by atoms with Gasteiger partial charge in [0.1, 0.15) is 44.2 Å². The summed E-state index contributed by atoms with van der Waals surface area (Å²) in [5, 5.41) is 3.65. The van der Waals surface area contributed by atoms with Crippen molar-refractivity contribution in [1.82, 2.24) is 0 Å². The van der Waals surface area contributed by atoms with Crippen molar-refractivity contribution < 1.29 is 19.0 Å². The number of benzene rings is 2. The summed E-state index contributed by atoms with van der Waals surface area (Å²) in [5.74, 6) is 2.50. The Morgan fingerprint density at radius 1 is 0.926 bits per heavy atom. The van der Waals surface area contributed by atoms with Crippen LogP contribution >= 0.6 is 0 Å². The summed E-state index contributed by atoms with van der Waals surface area (Å²) < 4.78 is 17.4. The molecule has 5 heteroatoms. The molecule has 0 heterocycles. The largest absolute Gasteiger partial charge is 0.490 e. The summed E-state index contributed by atoms with van der Waals surface area (Å²) >= 11 is 0. The molecule has 0 atom stereocenters. The summed E-state index contributed by atoms with van der Waals surface area (Å²) in [6, 6.07) is 11.8. The fraction of sp³-hybridized carbons (Fsp3) is 0.318. The molecule has 0 bridgehead atoms. The number of ether oxygens (including phenoxy) is 3. The Hall–Kier alpha value is -2.95. The van der Waals surface area contributed by atoms with Gasteiger partial charge in [-0.3, -0.25) is 0 Å². The molecule has 2 aromatic carbocycles. The lowest BCUT2D eigenvalue weighted by atomic mass is 10.1. The van der Waals surface area contributed by atoms with Gasteiger partial charge in [0.2, 0.25) is 0 Å². The number of hydrogen-bond donors (Lipinski definition) is 0. The highest BCUT2D eigenvalue weighted by Gasteiger charge is 2.08. The van der Waals surface area contributed by atoms with Crippen LogP contribution in [-0.4, -0.2) is 26.5 Å². The first-order valence-corrected chi connectivity index (χ1v) is 8.88. The van der Waals surface area contributed by atoms with Crippen LogP contribution in [-0.2, 0) is 11.4 Å². The highest BCUT2D eigenvalue weighted by molar-refractivity contribution is 5.58. The zero-order valence-corrected chi connectivity index (χ0v) is 16.4. The first-order chi connectivity index (χ1) is 13.1. The van der Waals surface area contributed by atoms with Gasteiger partial charge in [-0.25, -0.2) is 0 Å². The van der Waals surface area contributed by atoms with Crippen molar-refractivity contribution in [3.63, 3.8) is 0 Å². The predicted octanol–water partition coefficient (Wildman–Crippen LogP) is 4.85. The second-order valence-electron chi connectivity index (χ2n) is 5.98. The number of rotatable bonds is 10. The Morgan fingerprint density at radius 2 is 1.67 bits per heavy atom. The van der Waals surface area contributed by atoms with Gasteiger partial charge in [-0.15, -0.1) is 0 Å². The van der Waals surface area contributed by atoms with Crippen LogP contribution in [0.2, 0.25) is 0 Å². The molecular formula is C22H27NO4. The molecule has 0 aromatic heterocycles. The van der Waals surface area contributed by atoms with Crippen molar-refractivity contribution in [3.05, 3.63) is 65.2 Å². The highest BCUT2D eigenvalue weighted by Crippen LogP contribution is 2.29. The van der Waals surface area contributed by atoms with Gasteiger partial charge in [-0.2, -0.15) is 0 Å². The molecule has 0 saturated heterocycles. The van der Waals surface area contributed by atoms with Gasteiger partial charge in [0.25, 0.3) is 0 Å². The lowest BCUT2D eigenvalue weighted by Gasteiger charge is -2.15. The van der Waals surface area contributed by atoms with E-state index < -0.39 is 0 Å². The van der Waals surface area contributed by atoms with Crippen molar-refractivity contribution in [2.75, 3.05) is 20.3 Å². The fourth-order valence-corrected chi connectivity index (χ4v) is 2.58. The Labute approximate surface area is 161 Å². The first kappa shape index (κ1) is 20.4. The quantitative estimate of drug-likeness (QED) is 0.341. The molecule has 2 rings (SSSR count). The van der Waals surface area contributed by atoms with Crippen LogP contribution in [0.5, 0.6) is 17.2 Å². The number of allylic oxidation sites excluding steroid dienone is 1. The molecule has 0 fully saturated rings. The lowest BCUT2D eigenvalue weighted by Crippen LogP contribution is -2.02. The van der Waals surface area contributed by atoms with Gasteiger partial charge in [-0.05, 0) is 61.7 Å². The van der Waals surface area contributed by atoms with Gasteiger partial charge in [-0.1, -0.05) is 29.4 Å². The average Bonchev–Trinajstić information content (AvgIpc) is 2.65. The maximum atomic E-state index is 6.06. The van der Waals surface area contributed by atoms with Gasteiger partial charge in [0.15, 0.2) is 0 Å².